The second-order valence-electron chi connectivity index (χ2n) is 9.83. The van der Waals surface area contributed by atoms with E-state index in [1.165, 1.54) is 38.5 Å². The Balaban J connectivity index is 1.83. The molecule has 1 aliphatic rings. The van der Waals surface area contributed by atoms with Gasteiger partial charge >= 0.3 is 0 Å². The van der Waals surface area contributed by atoms with Crippen LogP contribution in [-0.4, -0.2) is 59.8 Å². The molecule has 6 heteroatoms. The molecule has 2 aromatic carbocycles. The monoisotopic (exact) mass is 523 g/mol. The minimum absolute atomic E-state index is 0.338. The minimum Gasteiger partial charge on any atom is -0.470 e. The van der Waals surface area contributed by atoms with Gasteiger partial charge in [0.15, 0.2) is 0 Å². The summed E-state index contributed by atoms with van der Waals surface area (Å²) in [5.74, 6) is 0. The number of ether oxygens (including phenoxy) is 3. The van der Waals surface area contributed by atoms with E-state index >= 15 is 0 Å². The fourth-order valence-corrected chi connectivity index (χ4v) is 4.77. The van der Waals surface area contributed by atoms with Crippen LogP contribution < -0.4 is 0 Å². The van der Waals surface area contributed by atoms with Gasteiger partial charge in [-0.25, -0.2) is 0 Å². The van der Waals surface area contributed by atoms with Crippen molar-refractivity contribution in [1.82, 2.24) is 0 Å². The second-order valence-corrected chi connectivity index (χ2v) is 9.83. The van der Waals surface area contributed by atoms with Gasteiger partial charge < -0.3 is 24.4 Å². The molecule has 0 bridgehead atoms. The fourth-order valence-electron chi connectivity index (χ4n) is 4.77. The van der Waals surface area contributed by atoms with Crippen molar-refractivity contribution in [2.75, 3.05) is 13.2 Å². The Hall–Kier alpha value is -2.51. The molecule has 1 fully saturated rings. The summed E-state index contributed by atoms with van der Waals surface area (Å²) in [6, 6.07) is 19.3. The first-order chi connectivity index (χ1) is 18.7. The van der Waals surface area contributed by atoms with E-state index in [2.05, 4.69) is 6.92 Å². The Morgan fingerprint density at radius 3 is 2.03 bits per heavy atom. The summed E-state index contributed by atoms with van der Waals surface area (Å²) >= 11 is 0. The highest BCUT2D eigenvalue weighted by Crippen LogP contribution is 2.29. The highest BCUT2D eigenvalue weighted by atomic mass is 16.7. The van der Waals surface area contributed by atoms with E-state index in [0.29, 0.717) is 6.61 Å². The van der Waals surface area contributed by atoms with E-state index in [1.807, 2.05) is 67.6 Å². The maximum absolute atomic E-state index is 11.2. The van der Waals surface area contributed by atoms with Crippen LogP contribution in [0.2, 0.25) is 0 Å². The van der Waals surface area contributed by atoms with Crippen LogP contribution in [0.4, 0.5) is 0 Å². The van der Waals surface area contributed by atoms with Crippen LogP contribution in [0.3, 0.4) is 0 Å². The first-order valence-electron chi connectivity index (χ1n) is 14.2. The molecule has 0 amide bonds. The van der Waals surface area contributed by atoms with Gasteiger partial charge in [0.05, 0.1) is 18.6 Å². The number of nitrogens with zero attached hydrogens (tertiary/aromatic N) is 1. The molecule has 1 saturated heterocycles. The average molecular weight is 524 g/mol. The number of hydrogen-bond donors (Lipinski definition) is 2. The molecule has 0 spiro atoms. The van der Waals surface area contributed by atoms with Crippen LogP contribution in [0, 0.1) is 0 Å². The zero-order chi connectivity index (χ0) is 27.0. The summed E-state index contributed by atoms with van der Waals surface area (Å²) in [6.07, 6.45) is 9.53. The van der Waals surface area contributed by atoms with Crippen molar-refractivity contribution in [3.8, 4) is 0 Å². The van der Waals surface area contributed by atoms with Crippen molar-refractivity contribution < 1.29 is 24.4 Å². The van der Waals surface area contributed by atoms with Crippen molar-refractivity contribution in [2.45, 2.75) is 95.9 Å². The van der Waals surface area contributed by atoms with Gasteiger partial charge in [0, 0.05) is 17.7 Å². The number of allylic oxidation sites excluding steroid dienone is 1. The van der Waals surface area contributed by atoms with Gasteiger partial charge in [0.25, 0.3) is 0 Å². The molecule has 3 rings (SSSR count). The molecule has 38 heavy (non-hydrogen) atoms. The van der Waals surface area contributed by atoms with E-state index < -0.39 is 30.6 Å². The fraction of sp³-hybridized carbons (Fsp3) is 0.531. The van der Waals surface area contributed by atoms with Crippen LogP contribution in [0.25, 0.3) is 0 Å². The second kappa shape index (κ2) is 17.2. The lowest BCUT2D eigenvalue weighted by Crippen LogP contribution is -2.59. The number of aliphatic hydroxyl groups excluding tert-OH is 2. The van der Waals surface area contributed by atoms with Crippen molar-refractivity contribution in [1.29, 1.82) is 0 Å². The third kappa shape index (κ3) is 9.05. The molecule has 208 valence electrons. The van der Waals surface area contributed by atoms with Crippen LogP contribution in [0.5, 0.6) is 0 Å². The molecule has 2 aromatic rings. The quantitative estimate of drug-likeness (QED) is 0.159. The number of benzene rings is 2. The van der Waals surface area contributed by atoms with Crippen molar-refractivity contribution in [3.05, 3.63) is 84.1 Å². The van der Waals surface area contributed by atoms with E-state index in [1.54, 1.807) is 12.3 Å². The minimum atomic E-state index is -1.04. The Morgan fingerprint density at radius 1 is 0.895 bits per heavy atom. The summed E-state index contributed by atoms with van der Waals surface area (Å²) in [6.45, 7) is 4.25. The summed E-state index contributed by atoms with van der Waals surface area (Å²) in [4.78, 5) is 5.13. The van der Waals surface area contributed by atoms with Gasteiger partial charge in [0.1, 0.15) is 24.4 Å². The number of hydrogen-bond acceptors (Lipinski definition) is 6. The molecule has 0 radical (unpaired) electrons. The lowest BCUT2D eigenvalue weighted by Gasteiger charge is -2.42. The molecule has 1 heterocycles. The first kappa shape index (κ1) is 30.0. The van der Waals surface area contributed by atoms with E-state index in [9.17, 15) is 10.2 Å². The predicted molar refractivity (Wildman–Crippen MR) is 152 cm³/mol. The van der Waals surface area contributed by atoms with Crippen molar-refractivity contribution >= 4 is 5.71 Å². The van der Waals surface area contributed by atoms with Gasteiger partial charge in [-0.3, -0.25) is 4.99 Å². The standard InChI is InChI=1S/C32H45NO5/c1-3-5-6-7-8-9-10-17-23-36-31-29(32(37-22-4-2)38-27(24-34)30(31)35)33-28(25-18-13-11-14-19-25)26-20-15-12-16-21-26/h4,11-16,18-22,27,29-32,34-35H,3,5-10,17,23-24H2,1-2H3/b22-4-/t27-,29-,30?,31?,32+/m1/s1. The highest BCUT2D eigenvalue weighted by molar-refractivity contribution is 6.13. The van der Waals surface area contributed by atoms with Crippen LogP contribution in [0.15, 0.2) is 78.0 Å². The third-order valence-corrected chi connectivity index (χ3v) is 6.85. The number of rotatable bonds is 16. The lowest BCUT2D eigenvalue weighted by atomic mass is 9.95. The normalized spacial score (nSPS) is 23.4. The molecule has 2 N–H and O–H groups in total. The molecule has 0 aliphatic carbocycles. The molecule has 1 aliphatic heterocycles. The summed E-state index contributed by atoms with van der Waals surface area (Å²) in [5.41, 5.74) is 2.66. The van der Waals surface area contributed by atoms with Gasteiger partial charge in [-0.15, -0.1) is 0 Å². The maximum atomic E-state index is 11.2. The van der Waals surface area contributed by atoms with E-state index in [0.717, 1.165) is 29.7 Å². The van der Waals surface area contributed by atoms with E-state index in [4.69, 9.17) is 19.2 Å². The largest absolute Gasteiger partial charge is 0.470 e. The molecular weight excluding hydrogens is 478 g/mol. The molecular formula is C32H45NO5. The number of unbranched alkanes of at least 4 members (excludes halogenated alkanes) is 7. The number of aliphatic hydroxyl groups is 2. The molecule has 6 nitrogen and oxygen atoms in total. The Labute approximate surface area is 228 Å². The topological polar surface area (TPSA) is 80.5 Å². The van der Waals surface area contributed by atoms with Crippen LogP contribution >= 0.6 is 0 Å². The van der Waals surface area contributed by atoms with Gasteiger partial charge in [-0.2, -0.15) is 0 Å². The maximum Gasteiger partial charge on any atom is 0.224 e. The smallest absolute Gasteiger partial charge is 0.224 e. The predicted octanol–water partition coefficient (Wildman–Crippen LogP) is 6.05. The van der Waals surface area contributed by atoms with Crippen molar-refractivity contribution in [3.63, 3.8) is 0 Å². The molecule has 0 saturated carbocycles. The van der Waals surface area contributed by atoms with Crippen molar-refractivity contribution in [2.24, 2.45) is 4.99 Å². The van der Waals surface area contributed by atoms with Gasteiger partial charge in [-0.1, -0.05) is 119 Å². The average Bonchev–Trinajstić information content (AvgIpc) is 2.96. The summed E-state index contributed by atoms with van der Waals surface area (Å²) in [5, 5.41) is 21.1. The van der Waals surface area contributed by atoms with E-state index in [-0.39, 0.29) is 6.61 Å². The summed E-state index contributed by atoms with van der Waals surface area (Å²) in [7, 11) is 0. The Bertz CT molecular complexity index is 907. The van der Waals surface area contributed by atoms with Crippen LogP contribution in [0.1, 0.15) is 76.3 Å². The van der Waals surface area contributed by atoms with Gasteiger partial charge in [0.2, 0.25) is 6.29 Å². The third-order valence-electron chi connectivity index (χ3n) is 6.85. The first-order valence-corrected chi connectivity index (χ1v) is 14.2. The highest BCUT2D eigenvalue weighted by Gasteiger charge is 2.47. The summed E-state index contributed by atoms with van der Waals surface area (Å²) < 4.78 is 18.2. The van der Waals surface area contributed by atoms with Crippen LogP contribution in [-0.2, 0) is 14.2 Å². The SMILES string of the molecule is C/C=C\O[C@H]1O[C@H](CO)C(O)C(OCCCCCCCCCC)[C@H]1N=C(c1ccccc1)c1ccccc1. The van der Waals surface area contributed by atoms with Gasteiger partial charge in [-0.05, 0) is 13.3 Å². The zero-order valence-electron chi connectivity index (χ0n) is 23.0. The zero-order valence-corrected chi connectivity index (χ0v) is 23.0. The lowest BCUT2D eigenvalue weighted by molar-refractivity contribution is -0.258. The number of aliphatic imine (C=N–C) groups is 1. The molecule has 2 unspecified atom stereocenters. The Morgan fingerprint density at radius 2 is 1.47 bits per heavy atom. The Kier molecular flexibility index (Phi) is 13.6. The molecule has 0 aromatic heterocycles. The molecule has 5 atom stereocenters.